The van der Waals surface area contributed by atoms with E-state index in [-0.39, 0.29) is 35.1 Å². The van der Waals surface area contributed by atoms with Crippen LogP contribution in [0.1, 0.15) is 70.9 Å². The van der Waals surface area contributed by atoms with E-state index in [4.69, 9.17) is 9.15 Å². The van der Waals surface area contributed by atoms with Gasteiger partial charge in [0.25, 0.3) is 0 Å². The van der Waals surface area contributed by atoms with Crippen LogP contribution in [0.5, 0.6) is 0 Å². The first-order valence-corrected chi connectivity index (χ1v) is 9.94. The SMILES string of the molecule is CC(=O)OCC1(C)C(=O)CCC2(C)C1CCC1(C)c3cocc3CCC12. The Hall–Kier alpha value is -1.58. The predicted molar refractivity (Wildman–Crippen MR) is 97.7 cm³/mol. The van der Waals surface area contributed by atoms with Gasteiger partial charge in [-0.1, -0.05) is 13.8 Å². The van der Waals surface area contributed by atoms with Gasteiger partial charge in [0.2, 0.25) is 0 Å². The molecule has 3 aliphatic carbocycles. The number of aryl methyl sites for hydroxylation is 1. The Morgan fingerprint density at radius 1 is 1.15 bits per heavy atom. The Morgan fingerprint density at radius 3 is 2.65 bits per heavy atom. The monoisotopic (exact) mass is 358 g/mol. The second kappa shape index (κ2) is 5.71. The molecule has 1 aromatic rings. The van der Waals surface area contributed by atoms with Gasteiger partial charge >= 0.3 is 5.97 Å². The van der Waals surface area contributed by atoms with Gasteiger partial charge in [-0.15, -0.1) is 0 Å². The molecule has 0 aromatic carbocycles. The number of ketones is 1. The Bertz CT molecular complexity index is 749. The summed E-state index contributed by atoms with van der Waals surface area (Å²) >= 11 is 0. The number of fused-ring (bicyclic) bond motifs is 5. The smallest absolute Gasteiger partial charge is 0.302 e. The molecule has 4 nitrogen and oxygen atoms in total. The first-order chi connectivity index (χ1) is 12.2. The molecule has 26 heavy (non-hydrogen) atoms. The third-order valence-electron chi connectivity index (χ3n) is 8.25. The molecule has 0 N–H and O–H groups in total. The molecule has 1 aromatic heterocycles. The molecule has 3 aliphatic rings. The lowest BCUT2D eigenvalue weighted by Gasteiger charge is -2.63. The van der Waals surface area contributed by atoms with Crippen molar-refractivity contribution in [1.82, 2.24) is 0 Å². The van der Waals surface area contributed by atoms with Crippen molar-refractivity contribution in [2.75, 3.05) is 6.61 Å². The van der Waals surface area contributed by atoms with Crippen LogP contribution in [-0.4, -0.2) is 18.4 Å². The molecule has 2 fully saturated rings. The zero-order valence-corrected chi connectivity index (χ0v) is 16.4. The molecule has 0 spiro atoms. The van der Waals surface area contributed by atoms with E-state index in [9.17, 15) is 9.59 Å². The minimum Gasteiger partial charge on any atom is -0.472 e. The van der Waals surface area contributed by atoms with Crippen molar-refractivity contribution < 1.29 is 18.7 Å². The lowest BCUT2D eigenvalue weighted by molar-refractivity contribution is -0.170. The van der Waals surface area contributed by atoms with Crippen LogP contribution in [0.25, 0.3) is 0 Å². The molecule has 142 valence electrons. The molecule has 5 atom stereocenters. The largest absolute Gasteiger partial charge is 0.472 e. The summed E-state index contributed by atoms with van der Waals surface area (Å²) in [6, 6.07) is 0. The molecular formula is C22H30O4. The summed E-state index contributed by atoms with van der Waals surface area (Å²) in [5.74, 6) is 0.767. The topological polar surface area (TPSA) is 56.5 Å². The molecule has 0 bridgehead atoms. The highest BCUT2D eigenvalue weighted by Gasteiger charge is 2.63. The summed E-state index contributed by atoms with van der Waals surface area (Å²) in [4.78, 5) is 24.3. The van der Waals surface area contributed by atoms with E-state index >= 15 is 0 Å². The van der Waals surface area contributed by atoms with Crippen LogP contribution in [0.3, 0.4) is 0 Å². The number of hydrogen-bond donors (Lipinski definition) is 0. The van der Waals surface area contributed by atoms with Crippen LogP contribution in [0.2, 0.25) is 0 Å². The van der Waals surface area contributed by atoms with E-state index in [2.05, 4.69) is 13.8 Å². The average molecular weight is 358 g/mol. The van der Waals surface area contributed by atoms with Gasteiger partial charge in [-0.3, -0.25) is 9.59 Å². The third kappa shape index (κ3) is 2.26. The van der Waals surface area contributed by atoms with Crippen molar-refractivity contribution in [3.63, 3.8) is 0 Å². The number of esters is 1. The first-order valence-electron chi connectivity index (χ1n) is 9.94. The lowest BCUT2D eigenvalue weighted by Crippen LogP contribution is -2.61. The minimum atomic E-state index is -0.559. The molecule has 0 amide bonds. The van der Waals surface area contributed by atoms with E-state index in [0.717, 1.165) is 32.1 Å². The fourth-order valence-corrected chi connectivity index (χ4v) is 6.90. The number of furan rings is 1. The highest BCUT2D eigenvalue weighted by Crippen LogP contribution is 2.66. The van der Waals surface area contributed by atoms with Crippen molar-refractivity contribution in [2.45, 2.75) is 71.6 Å². The molecule has 2 saturated carbocycles. The maximum atomic E-state index is 12.9. The maximum absolute atomic E-state index is 12.9. The standard InChI is InChI=1S/C22H30O4/c1-14(23)26-13-22(4)18-7-9-20(2)16-12-25-11-15(16)5-6-17(20)21(18,3)10-8-19(22)24/h11-12,17-18H,5-10,13H2,1-4H3. The molecule has 0 saturated heterocycles. The van der Waals surface area contributed by atoms with Crippen molar-refractivity contribution in [3.05, 3.63) is 23.7 Å². The number of carbonyl (C=O) groups is 2. The van der Waals surface area contributed by atoms with Gasteiger partial charge in [0.05, 0.1) is 17.9 Å². The van der Waals surface area contributed by atoms with Crippen LogP contribution in [0.4, 0.5) is 0 Å². The summed E-state index contributed by atoms with van der Waals surface area (Å²) in [5, 5.41) is 0. The molecule has 0 aliphatic heterocycles. The van der Waals surface area contributed by atoms with E-state index in [1.807, 2.05) is 19.5 Å². The van der Waals surface area contributed by atoms with E-state index < -0.39 is 5.41 Å². The number of hydrogen-bond acceptors (Lipinski definition) is 4. The highest BCUT2D eigenvalue weighted by atomic mass is 16.5. The molecule has 4 heteroatoms. The van der Waals surface area contributed by atoms with Gasteiger partial charge < -0.3 is 9.15 Å². The van der Waals surface area contributed by atoms with Crippen LogP contribution < -0.4 is 0 Å². The minimum absolute atomic E-state index is 0.0881. The maximum Gasteiger partial charge on any atom is 0.302 e. The molecule has 4 rings (SSSR count). The number of rotatable bonds is 2. The van der Waals surface area contributed by atoms with E-state index in [1.54, 1.807) is 0 Å². The fraction of sp³-hybridized carbons (Fsp3) is 0.727. The summed E-state index contributed by atoms with van der Waals surface area (Å²) in [6.07, 6.45) is 9.68. The van der Waals surface area contributed by atoms with Crippen LogP contribution in [0.15, 0.2) is 16.9 Å². The molecule has 0 radical (unpaired) electrons. The average Bonchev–Trinajstić information content (AvgIpc) is 3.07. The number of ether oxygens (including phenoxy) is 1. The van der Waals surface area contributed by atoms with Gasteiger partial charge in [0.15, 0.2) is 0 Å². The Balaban J connectivity index is 1.73. The highest BCUT2D eigenvalue weighted by molar-refractivity contribution is 5.86. The van der Waals surface area contributed by atoms with E-state index in [1.165, 1.54) is 18.1 Å². The van der Waals surface area contributed by atoms with Crippen LogP contribution in [-0.2, 0) is 26.2 Å². The lowest BCUT2D eigenvalue weighted by atomic mass is 9.40. The van der Waals surface area contributed by atoms with Crippen molar-refractivity contribution in [3.8, 4) is 0 Å². The number of Topliss-reactive ketones (excluding diaryl/α,β-unsaturated/α-hetero) is 1. The summed E-state index contributed by atoms with van der Waals surface area (Å²) in [5.41, 5.74) is 2.39. The van der Waals surface area contributed by atoms with Gasteiger partial charge in [0, 0.05) is 13.3 Å². The van der Waals surface area contributed by atoms with Crippen LogP contribution in [0, 0.1) is 22.7 Å². The van der Waals surface area contributed by atoms with E-state index in [0.29, 0.717) is 12.3 Å². The first kappa shape index (κ1) is 17.8. The second-order valence-corrected chi connectivity index (χ2v) is 9.54. The van der Waals surface area contributed by atoms with Crippen LogP contribution >= 0.6 is 0 Å². The quantitative estimate of drug-likeness (QED) is 0.733. The van der Waals surface area contributed by atoms with Crippen molar-refractivity contribution in [2.24, 2.45) is 22.7 Å². The molecular weight excluding hydrogens is 328 g/mol. The number of carbonyl (C=O) groups excluding carboxylic acids is 2. The predicted octanol–water partition coefficient (Wildman–Crippen LogP) is 4.45. The molecule has 5 unspecified atom stereocenters. The zero-order chi connectivity index (χ0) is 18.7. The van der Waals surface area contributed by atoms with Crippen molar-refractivity contribution in [1.29, 1.82) is 0 Å². The normalized spacial score (nSPS) is 41.8. The third-order valence-corrected chi connectivity index (χ3v) is 8.25. The Morgan fingerprint density at radius 2 is 1.92 bits per heavy atom. The summed E-state index contributed by atoms with van der Waals surface area (Å²) < 4.78 is 10.9. The van der Waals surface area contributed by atoms with Crippen molar-refractivity contribution >= 4 is 11.8 Å². The fourth-order valence-electron chi connectivity index (χ4n) is 6.90. The van der Waals surface area contributed by atoms with Gasteiger partial charge in [-0.2, -0.15) is 0 Å². The summed E-state index contributed by atoms with van der Waals surface area (Å²) in [7, 11) is 0. The van der Waals surface area contributed by atoms with Gasteiger partial charge in [0.1, 0.15) is 12.4 Å². The summed E-state index contributed by atoms with van der Waals surface area (Å²) in [6.45, 7) is 8.47. The second-order valence-electron chi connectivity index (χ2n) is 9.54. The zero-order valence-electron chi connectivity index (χ0n) is 16.4. The van der Waals surface area contributed by atoms with Gasteiger partial charge in [-0.05, 0) is 72.8 Å². The molecule has 1 heterocycles. The Labute approximate surface area is 155 Å². The van der Waals surface area contributed by atoms with Gasteiger partial charge in [-0.25, -0.2) is 0 Å². The Kier molecular flexibility index (Phi) is 3.91.